The van der Waals surface area contributed by atoms with E-state index in [2.05, 4.69) is 23.8 Å². The molecule has 0 aromatic carbocycles. The summed E-state index contributed by atoms with van der Waals surface area (Å²) in [7, 11) is 1.37. The van der Waals surface area contributed by atoms with Gasteiger partial charge in [0.1, 0.15) is 0 Å². The van der Waals surface area contributed by atoms with Crippen molar-refractivity contribution in [3.8, 4) is 0 Å². The van der Waals surface area contributed by atoms with Crippen LogP contribution in [0.3, 0.4) is 0 Å². The molecule has 0 bridgehead atoms. The van der Waals surface area contributed by atoms with Crippen LogP contribution in [0.25, 0.3) is 0 Å². The van der Waals surface area contributed by atoms with E-state index in [4.69, 9.17) is 0 Å². The first-order valence-electron chi connectivity index (χ1n) is 7.04. The molecule has 1 aromatic heterocycles. The Kier molecular flexibility index (Phi) is 5.17. The van der Waals surface area contributed by atoms with Gasteiger partial charge in [-0.05, 0) is 38.3 Å². The van der Waals surface area contributed by atoms with Crippen molar-refractivity contribution in [3.63, 3.8) is 0 Å². The summed E-state index contributed by atoms with van der Waals surface area (Å²) < 4.78 is 4.59. The first-order valence-corrected chi connectivity index (χ1v) is 7.86. The zero-order valence-corrected chi connectivity index (χ0v) is 12.9. The number of aryl methyl sites for hydroxylation is 1. The molecule has 1 aliphatic rings. The molecule has 0 spiro atoms. The van der Waals surface area contributed by atoms with Gasteiger partial charge in [0.05, 0.1) is 13.2 Å². The molecule has 0 saturated carbocycles. The molecule has 1 aromatic rings. The number of ether oxygens (including phenoxy) is 1. The minimum atomic E-state index is -0.246. The van der Waals surface area contributed by atoms with E-state index < -0.39 is 0 Å². The summed E-state index contributed by atoms with van der Waals surface area (Å²) >= 11 is 1.77. The monoisotopic (exact) mass is 295 g/mol. The van der Waals surface area contributed by atoms with Crippen molar-refractivity contribution in [1.29, 1.82) is 0 Å². The fourth-order valence-electron chi connectivity index (χ4n) is 2.62. The molecule has 0 aliphatic carbocycles. The van der Waals surface area contributed by atoms with Crippen LogP contribution < -0.4 is 0 Å². The van der Waals surface area contributed by atoms with E-state index in [9.17, 15) is 9.59 Å². The highest BCUT2D eigenvalue weighted by molar-refractivity contribution is 7.12. The SMILES string of the molecule is COC(=O)CCCC(=O)N1CCC[C@@H]1c1ccc(C)s1. The molecule has 1 amide bonds. The average molecular weight is 295 g/mol. The van der Waals surface area contributed by atoms with Gasteiger partial charge in [-0.2, -0.15) is 0 Å². The number of amides is 1. The van der Waals surface area contributed by atoms with Gasteiger partial charge >= 0.3 is 5.97 Å². The summed E-state index contributed by atoms with van der Waals surface area (Å²) in [6, 6.07) is 4.47. The fourth-order valence-corrected chi connectivity index (χ4v) is 3.65. The fraction of sp³-hybridized carbons (Fsp3) is 0.600. The Balaban J connectivity index is 1.90. The van der Waals surface area contributed by atoms with Crippen LogP contribution in [-0.2, 0) is 14.3 Å². The number of likely N-dealkylation sites (tertiary alicyclic amines) is 1. The molecule has 2 heterocycles. The molecule has 0 unspecified atom stereocenters. The standard InChI is InChI=1S/C15H21NO3S/c1-11-8-9-13(20-11)12-5-4-10-16(12)14(17)6-3-7-15(18)19-2/h8-9,12H,3-7,10H2,1-2H3/t12-/m1/s1. The van der Waals surface area contributed by atoms with Crippen LogP contribution in [0.5, 0.6) is 0 Å². The number of rotatable bonds is 5. The van der Waals surface area contributed by atoms with Crippen LogP contribution in [0.1, 0.15) is 47.9 Å². The Hall–Kier alpha value is -1.36. The lowest BCUT2D eigenvalue weighted by Gasteiger charge is -2.24. The molecule has 0 radical (unpaired) electrons. The molecule has 1 saturated heterocycles. The maximum absolute atomic E-state index is 12.3. The van der Waals surface area contributed by atoms with E-state index in [1.807, 2.05) is 4.90 Å². The van der Waals surface area contributed by atoms with Crippen molar-refractivity contribution in [1.82, 2.24) is 4.90 Å². The number of nitrogens with zero attached hydrogens (tertiary/aromatic N) is 1. The summed E-state index contributed by atoms with van der Waals surface area (Å²) in [5.74, 6) is -0.0906. The molecule has 5 heteroatoms. The number of hydrogen-bond acceptors (Lipinski definition) is 4. The third-order valence-corrected chi connectivity index (χ3v) is 4.76. The molecular weight excluding hydrogens is 274 g/mol. The molecule has 0 N–H and O–H groups in total. The summed E-state index contributed by atoms with van der Waals surface area (Å²) in [6.07, 6.45) is 3.42. The predicted octanol–water partition coefficient (Wildman–Crippen LogP) is 3.06. The Labute approximate surface area is 123 Å². The normalized spacial score (nSPS) is 18.3. The van der Waals surface area contributed by atoms with Crippen molar-refractivity contribution in [2.75, 3.05) is 13.7 Å². The molecule has 4 nitrogen and oxygen atoms in total. The van der Waals surface area contributed by atoms with E-state index in [1.54, 1.807) is 11.3 Å². The van der Waals surface area contributed by atoms with E-state index in [1.165, 1.54) is 16.9 Å². The number of methoxy groups -OCH3 is 1. The minimum absolute atomic E-state index is 0.155. The predicted molar refractivity (Wildman–Crippen MR) is 78.6 cm³/mol. The maximum Gasteiger partial charge on any atom is 0.305 e. The summed E-state index contributed by atoms with van der Waals surface area (Å²) in [5.41, 5.74) is 0. The molecule has 2 rings (SSSR count). The highest BCUT2D eigenvalue weighted by atomic mass is 32.1. The van der Waals surface area contributed by atoms with Gasteiger partial charge in [0.2, 0.25) is 5.91 Å². The van der Waals surface area contributed by atoms with Crippen molar-refractivity contribution < 1.29 is 14.3 Å². The van der Waals surface area contributed by atoms with Gasteiger partial charge in [0.15, 0.2) is 0 Å². The summed E-state index contributed by atoms with van der Waals surface area (Å²) in [5, 5.41) is 0. The second-order valence-corrected chi connectivity index (χ2v) is 6.44. The topological polar surface area (TPSA) is 46.6 Å². The van der Waals surface area contributed by atoms with Gasteiger partial charge in [-0.15, -0.1) is 11.3 Å². The van der Waals surface area contributed by atoms with Crippen LogP contribution in [0, 0.1) is 6.92 Å². The molecule has 110 valence electrons. The number of thiophene rings is 1. The number of hydrogen-bond donors (Lipinski definition) is 0. The lowest BCUT2D eigenvalue weighted by molar-refractivity contribution is -0.140. The minimum Gasteiger partial charge on any atom is -0.469 e. The smallest absolute Gasteiger partial charge is 0.305 e. The Bertz CT molecular complexity index is 483. The summed E-state index contributed by atoms with van der Waals surface area (Å²) in [4.78, 5) is 27.9. The van der Waals surface area contributed by atoms with Gasteiger partial charge in [-0.25, -0.2) is 0 Å². The van der Waals surface area contributed by atoms with Crippen LogP contribution >= 0.6 is 11.3 Å². The van der Waals surface area contributed by atoms with Gasteiger partial charge < -0.3 is 9.64 Å². The number of carbonyl (C=O) groups is 2. The average Bonchev–Trinajstić information content (AvgIpc) is 3.06. The van der Waals surface area contributed by atoms with Crippen molar-refractivity contribution in [3.05, 3.63) is 21.9 Å². The highest BCUT2D eigenvalue weighted by Crippen LogP contribution is 2.36. The van der Waals surface area contributed by atoms with Crippen molar-refractivity contribution in [2.45, 2.75) is 45.1 Å². The number of carbonyl (C=O) groups excluding carboxylic acids is 2. The first kappa shape index (κ1) is 15.0. The van der Waals surface area contributed by atoms with Crippen LogP contribution in [0.2, 0.25) is 0 Å². The lowest BCUT2D eigenvalue weighted by atomic mass is 10.1. The molecule has 20 heavy (non-hydrogen) atoms. The second-order valence-electron chi connectivity index (χ2n) is 5.12. The summed E-state index contributed by atoms with van der Waals surface area (Å²) in [6.45, 7) is 2.92. The third kappa shape index (κ3) is 3.60. The highest BCUT2D eigenvalue weighted by Gasteiger charge is 2.30. The van der Waals surface area contributed by atoms with Crippen LogP contribution in [0.15, 0.2) is 12.1 Å². The van der Waals surface area contributed by atoms with Gasteiger partial charge in [0.25, 0.3) is 0 Å². The Morgan fingerprint density at radius 2 is 2.20 bits per heavy atom. The van der Waals surface area contributed by atoms with Gasteiger partial charge in [0, 0.05) is 29.1 Å². The van der Waals surface area contributed by atoms with Crippen molar-refractivity contribution >= 4 is 23.2 Å². The van der Waals surface area contributed by atoms with Crippen LogP contribution in [-0.4, -0.2) is 30.4 Å². The van der Waals surface area contributed by atoms with Crippen LogP contribution in [0.4, 0.5) is 0 Å². The van der Waals surface area contributed by atoms with Crippen molar-refractivity contribution in [2.24, 2.45) is 0 Å². The number of esters is 1. The second kappa shape index (κ2) is 6.88. The quantitative estimate of drug-likeness (QED) is 0.784. The van der Waals surface area contributed by atoms with Gasteiger partial charge in [-0.1, -0.05) is 0 Å². The molecule has 1 fully saturated rings. The lowest BCUT2D eigenvalue weighted by Crippen LogP contribution is -2.30. The molecule has 1 atom stereocenters. The van der Waals surface area contributed by atoms with E-state index in [0.29, 0.717) is 19.3 Å². The maximum atomic E-state index is 12.3. The molecule has 1 aliphatic heterocycles. The zero-order valence-electron chi connectivity index (χ0n) is 12.1. The largest absolute Gasteiger partial charge is 0.469 e. The van der Waals surface area contributed by atoms with E-state index >= 15 is 0 Å². The van der Waals surface area contributed by atoms with E-state index in [0.717, 1.165) is 19.4 Å². The zero-order chi connectivity index (χ0) is 14.5. The molecular formula is C15H21NO3S. The van der Waals surface area contributed by atoms with E-state index in [-0.39, 0.29) is 17.9 Å². The third-order valence-electron chi connectivity index (χ3n) is 3.66. The Morgan fingerprint density at radius 1 is 1.40 bits per heavy atom. The first-order chi connectivity index (χ1) is 9.61. The Morgan fingerprint density at radius 3 is 2.85 bits per heavy atom. The van der Waals surface area contributed by atoms with Gasteiger partial charge in [-0.3, -0.25) is 9.59 Å².